The van der Waals surface area contributed by atoms with E-state index in [9.17, 15) is 4.79 Å². The molecule has 0 spiro atoms. The van der Waals surface area contributed by atoms with Crippen LogP contribution in [0.5, 0.6) is 0 Å². The Balaban J connectivity index is 3.52. The van der Waals surface area contributed by atoms with E-state index in [2.05, 4.69) is 14.8 Å². The highest BCUT2D eigenvalue weighted by Crippen LogP contribution is 1.91. The fraction of sp³-hybridized carbons (Fsp3) is 0.800. The summed E-state index contributed by atoms with van der Waals surface area (Å²) in [5.41, 5.74) is 7.87. The molecule has 0 aromatic carbocycles. The zero-order valence-corrected chi connectivity index (χ0v) is 5.94. The molecule has 0 saturated carbocycles. The molecule has 0 aliphatic heterocycles. The Morgan fingerprint density at radius 2 is 2.50 bits per heavy atom. The monoisotopic (exact) mass is 143 g/mol. The van der Waals surface area contributed by atoms with Crippen molar-refractivity contribution in [2.75, 3.05) is 6.54 Å². The molecule has 0 radical (unpaired) electrons. The first kappa shape index (κ1) is 8.78. The summed E-state index contributed by atoms with van der Waals surface area (Å²) in [6.45, 7) is 3.17. The molecule has 56 valence electrons. The number of esters is 1. The Labute approximate surface area is 58.6 Å². The van der Waals surface area contributed by atoms with E-state index < -0.39 is 0 Å². The molecule has 0 heterocycles. The molecule has 0 saturated heterocycles. The normalized spacial score (nSPS) is 11.4. The standard InChI is InChI=1S/C5H9N3O2/c1-4(3-7-8-6)10-5(2)9/h4H,3H2,1-2H3. The Morgan fingerprint density at radius 3 is 2.90 bits per heavy atom. The van der Waals surface area contributed by atoms with Gasteiger partial charge >= 0.3 is 5.97 Å². The van der Waals surface area contributed by atoms with Crippen LogP contribution < -0.4 is 0 Å². The molecular formula is C5H9N3O2. The van der Waals surface area contributed by atoms with E-state index in [-0.39, 0.29) is 18.6 Å². The van der Waals surface area contributed by atoms with Crippen molar-refractivity contribution >= 4 is 5.97 Å². The predicted molar refractivity (Wildman–Crippen MR) is 35.2 cm³/mol. The third kappa shape index (κ3) is 4.93. The van der Waals surface area contributed by atoms with Gasteiger partial charge < -0.3 is 4.74 Å². The van der Waals surface area contributed by atoms with E-state index in [0.717, 1.165) is 0 Å². The van der Waals surface area contributed by atoms with Crippen molar-refractivity contribution in [1.29, 1.82) is 0 Å². The summed E-state index contributed by atoms with van der Waals surface area (Å²) in [6, 6.07) is 0. The van der Waals surface area contributed by atoms with Gasteiger partial charge in [0.15, 0.2) is 0 Å². The van der Waals surface area contributed by atoms with Crippen molar-refractivity contribution in [2.24, 2.45) is 5.11 Å². The van der Waals surface area contributed by atoms with Crippen molar-refractivity contribution in [2.45, 2.75) is 20.0 Å². The Kier molecular flexibility index (Phi) is 4.07. The van der Waals surface area contributed by atoms with Crippen LogP contribution in [0.3, 0.4) is 0 Å². The first-order chi connectivity index (χ1) is 4.66. The number of carbonyl (C=O) groups excluding carboxylic acids is 1. The van der Waals surface area contributed by atoms with Crippen molar-refractivity contribution in [3.05, 3.63) is 10.4 Å². The molecule has 0 rings (SSSR count). The van der Waals surface area contributed by atoms with E-state index in [1.807, 2.05) is 0 Å². The SMILES string of the molecule is CC(=O)OC(C)CN=[N+]=[N-]. The first-order valence-corrected chi connectivity index (χ1v) is 2.85. The summed E-state index contributed by atoms with van der Waals surface area (Å²) >= 11 is 0. The number of ether oxygens (including phenoxy) is 1. The maximum absolute atomic E-state index is 10.3. The quantitative estimate of drug-likeness (QED) is 0.258. The molecule has 0 aliphatic rings. The predicted octanol–water partition coefficient (Wildman–Crippen LogP) is 1.25. The molecule has 1 unspecified atom stereocenters. The second-order valence-electron chi connectivity index (χ2n) is 1.83. The number of nitrogens with zero attached hydrogens (tertiary/aromatic N) is 3. The van der Waals surface area contributed by atoms with Gasteiger partial charge in [-0.05, 0) is 12.5 Å². The Bertz CT molecular complexity index is 158. The van der Waals surface area contributed by atoms with E-state index >= 15 is 0 Å². The third-order valence-corrected chi connectivity index (χ3v) is 0.769. The first-order valence-electron chi connectivity index (χ1n) is 2.85. The molecule has 5 nitrogen and oxygen atoms in total. The number of azide groups is 1. The summed E-state index contributed by atoms with van der Waals surface area (Å²) < 4.78 is 4.65. The van der Waals surface area contributed by atoms with Crippen molar-refractivity contribution < 1.29 is 9.53 Å². The van der Waals surface area contributed by atoms with Crippen LogP contribution in [0, 0.1) is 0 Å². The fourth-order valence-electron chi connectivity index (χ4n) is 0.472. The van der Waals surface area contributed by atoms with Gasteiger partial charge in [0.1, 0.15) is 6.10 Å². The number of rotatable bonds is 3. The van der Waals surface area contributed by atoms with Gasteiger partial charge in [0.25, 0.3) is 0 Å². The Morgan fingerprint density at radius 1 is 1.90 bits per heavy atom. The lowest BCUT2D eigenvalue weighted by atomic mass is 10.4. The zero-order valence-electron chi connectivity index (χ0n) is 5.94. The van der Waals surface area contributed by atoms with Crippen LogP contribution in [-0.2, 0) is 9.53 Å². The maximum atomic E-state index is 10.3. The van der Waals surface area contributed by atoms with Gasteiger partial charge in [0.05, 0.1) is 6.54 Å². The molecule has 0 amide bonds. The smallest absolute Gasteiger partial charge is 0.302 e. The molecule has 10 heavy (non-hydrogen) atoms. The van der Waals surface area contributed by atoms with Crippen molar-refractivity contribution in [3.8, 4) is 0 Å². The van der Waals surface area contributed by atoms with Crippen LogP contribution in [0.15, 0.2) is 5.11 Å². The van der Waals surface area contributed by atoms with Crippen molar-refractivity contribution in [3.63, 3.8) is 0 Å². The van der Waals surface area contributed by atoms with E-state index in [1.165, 1.54) is 6.92 Å². The maximum Gasteiger partial charge on any atom is 0.302 e. The fourth-order valence-corrected chi connectivity index (χ4v) is 0.472. The molecule has 0 N–H and O–H groups in total. The summed E-state index contributed by atoms with van der Waals surface area (Å²) in [6.07, 6.45) is -0.326. The average molecular weight is 143 g/mol. The van der Waals surface area contributed by atoms with E-state index in [4.69, 9.17) is 5.53 Å². The van der Waals surface area contributed by atoms with E-state index in [0.29, 0.717) is 0 Å². The van der Waals surface area contributed by atoms with Crippen LogP contribution in [0.2, 0.25) is 0 Å². The van der Waals surface area contributed by atoms with Gasteiger partial charge in [-0.15, -0.1) is 0 Å². The minimum atomic E-state index is -0.361. The van der Waals surface area contributed by atoms with Gasteiger partial charge in [0.2, 0.25) is 0 Å². The summed E-state index contributed by atoms with van der Waals surface area (Å²) in [5.74, 6) is -0.361. The highest BCUT2D eigenvalue weighted by Gasteiger charge is 2.01. The van der Waals surface area contributed by atoms with Crippen molar-refractivity contribution in [1.82, 2.24) is 0 Å². The highest BCUT2D eigenvalue weighted by molar-refractivity contribution is 5.66. The van der Waals surface area contributed by atoms with Crippen LogP contribution in [0.1, 0.15) is 13.8 Å². The highest BCUT2D eigenvalue weighted by atomic mass is 16.5. The topological polar surface area (TPSA) is 75.1 Å². The summed E-state index contributed by atoms with van der Waals surface area (Å²) in [5, 5.41) is 3.23. The molecule has 5 heteroatoms. The summed E-state index contributed by atoms with van der Waals surface area (Å²) in [7, 11) is 0. The van der Waals surface area contributed by atoms with Gasteiger partial charge in [-0.2, -0.15) is 0 Å². The van der Waals surface area contributed by atoms with Gasteiger partial charge in [-0.1, -0.05) is 5.11 Å². The molecular weight excluding hydrogens is 134 g/mol. The van der Waals surface area contributed by atoms with Gasteiger partial charge in [0, 0.05) is 11.8 Å². The lowest BCUT2D eigenvalue weighted by Gasteiger charge is -2.06. The lowest BCUT2D eigenvalue weighted by Crippen LogP contribution is -2.14. The number of hydrogen-bond acceptors (Lipinski definition) is 3. The number of hydrogen-bond donors (Lipinski definition) is 0. The minimum Gasteiger partial charge on any atom is -0.463 e. The molecule has 0 aliphatic carbocycles. The molecule has 0 aromatic rings. The second kappa shape index (κ2) is 4.64. The second-order valence-corrected chi connectivity index (χ2v) is 1.83. The van der Waals surface area contributed by atoms with Gasteiger partial charge in [-0.3, -0.25) is 4.79 Å². The van der Waals surface area contributed by atoms with Gasteiger partial charge in [-0.25, -0.2) is 0 Å². The minimum absolute atomic E-state index is 0.191. The average Bonchev–Trinajstić information content (AvgIpc) is 1.82. The summed E-state index contributed by atoms with van der Waals surface area (Å²) in [4.78, 5) is 12.8. The number of carbonyl (C=O) groups is 1. The molecule has 0 bridgehead atoms. The lowest BCUT2D eigenvalue weighted by molar-refractivity contribution is -0.144. The zero-order chi connectivity index (χ0) is 7.98. The third-order valence-electron chi connectivity index (χ3n) is 0.769. The van der Waals surface area contributed by atoms with Crippen LogP contribution in [-0.4, -0.2) is 18.6 Å². The van der Waals surface area contributed by atoms with Crippen LogP contribution >= 0.6 is 0 Å². The molecule has 1 atom stereocenters. The largest absolute Gasteiger partial charge is 0.463 e. The molecule has 0 aromatic heterocycles. The molecule has 0 fully saturated rings. The van der Waals surface area contributed by atoms with E-state index in [1.54, 1.807) is 6.92 Å². The van der Waals surface area contributed by atoms with Crippen LogP contribution in [0.25, 0.3) is 10.4 Å². The van der Waals surface area contributed by atoms with Crippen LogP contribution in [0.4, 0.5) is 0 Å². The Hall–Kier alpha value is -1.22.